The van der Waals surface area contributed by atoms with E-state index in [4.69, 9.17) is 11.6 Å². The highest BCUT2D eigenvalue weighted by molar-refractivity contribution is 6.34. The first kappa shape index (κ1) is 15.4. The van der Waals surface area contributed by atoms with Crippen LogP contribution in [0.25, 0.3) is 0 Å². The number of aryl methyl sites for hydroxylation is 2. The SMILES string of the molecule is CNC(=O)c1cc(NCc2c(C)nn(C)c2C)ccc1Cl. The van der Waals surface area contributed by atoms with Crippen LogP contribution in [0.4, 0.5) is 5.69 Å². The van der Waals surface area contributed by atoms with Gasteiger partial charge in [0.2, 0.25) is 0 Å². The zero-order valence-corrected chi connectivity index (χ0v) is 13.4. The van der Waals surface area contributed by atoms with Crippen LogP contribution in [0.1, 0.15) is 27.3 Å². The maximum Gasteiger partial charge on any atom is 0.252 e. The Kier molecular flexibility index (Phi) is 4.53. The lowest BCUT2D eigenvalue weighted by Crippen LogP contribution is -2.18. The molecule has 2 aromatic rings. The van der Waals surface area contributed by atoms with E-state index in [2.05, 4.69) is 15.7 Å². The summed E-state index contributed by atoms with van der Waals surface area (Å²) >= 11 is 6.04. The first-order valence-electron chi connectivity index (χ1n) is 6.68. The van der Waals surface area contributed by atoms with Gasteiger partial charge in [-0.05, 0) is 32.0 Å². The Bertz CT molecular complexity index is 679. The third-order valence-corrected chi connectivity index (χ3v) is 3.90. The monoisotopic (exact) mass is 306 g/mol. The summed E-state index contributed by atoms with van der Waals surface area (Å²) in [6.07, 6.45) is 0. The van der Waals surface area contributed by atoms with Gasteiger partial charge < -0.3 is 10.6 Å². The van der Waals surface area contributed by atoms with Crippen LogP contribution in [-0.4, -0.2) is 22.7 Å². The van der Waals surface area contributed by atoms with E-state index in [-0.39, 0.29) is 5.91 Å². The molecule has 5 nitrogen and oxygen atoms in total. The van der Waals surface area contributed by atoms with E-state index in [1.807, 2.05) is 31.6 Å². The number of nitrogens with zero attached hydrogens (tertiary/aromatic N) is 2. The largest absolute Gasteiger partial charge is 0.381 e. The minimum Gasteiger partial charge on any atom is -0.381 e. The van der Waals surface area contributed by atoms with Gasteiger partial charge in [0.05, 0.1) is 16.3 Å². The number of anilines is 1. The Morgan fingerprint density at radius 2 is 2.10 bits per heavy atom. The smallest absolute Gasteiger partial charge is 0.252 e. The van der Waals surface area contributed by atoms with Crippen molar-refractivity contribution in [2.75, 3.05) is 12.4 Å². The highest BCUT2D eigenvalue weighted by Crippen LogP contribution is 2.22. The molecule has 0 saturated carbocycles. The summed E-state index contributed by atoms with van der Waals surface area (Å²) in [5.74, 6) is -0.197. The van der Waals surface area contributed by atoms with E-state index >= 15 is 0 Å². The molecule has 1 amide bonds. The van der Waals surface area contributed by atoms with Crippen LogP contribution >= 0.6 is 11.6 Å². The Hall–Kier alpha value is -2.01. The van der Waals surface area contributed by atoms with Gasteiger partial charge in [-0.1, -0.05) is 11.6 Å². The van der Waals surface area contributed by atoms with Gasteiger partial charge in [-0.15, -0.1) is 0 Å². The third kappa shape index (κ3) is 3.19. The maximum absolute atomic E-state index is 11.7. The van der Waals surface area contributed by atoms with Gasteiger partial charge in [0.25, 0.3) is 5.91 Å². The zero-order chi connectivity index (χ0) is 15.6. The second-order valence-electron chi connectivity index (χ2n) is 4.90. The van der Waals surface area contributed by atoms with E-state index in [0.717, 1.165) is 22.6 Å². The van der Waals surface area contributed by atoms with Crippen molar-refractivity contribution in [3.05, 3.63) is 45.7 Å². The van der Waals surface area contributed by atoms with Crippen LogP contribution in [0.5, 0.6) is 0 Å². The van der Waals surface area contributed by atoms with Gasteiger partial charge in [-0.2, -0.15) is 5.10 Å². The molecule has 0 atom stereocenters. The number of carbonyl (C=O) groups excluding carboxylic acids is 1. The van der Waals surface area contributed by atoms with Crippen molar-refractivity contribution in [3.63, 3.8) is 0 Å². The first-order valence-corrected chi connectivity index (χ1v) is 7.06. The highest BCUT2D eigenvalue weighted by Gasteiger charge is 2.11. The summed E-state index contributed by atoms with van der Waals surface area (Å²) in [6.45, 7) is 4.68. The predicted molar refractivity (Wildman–Crippen MR) is 84.9 cm³/mol. The molecule has 1 aromatic carbocycles. The quantitative estimate of drug-likeness (QED) is 0.913. The molecule has 1 heterocycles. The summed E-state index contributed by atoms with van der Waals surface area (Å²) in [5, 5.41) is 10.7. The van der Waals surface area contributed by atoms with Crippen molar-refractivity contribution < 1.29 is 4.79 Å². The molecule has 0 bridgehead atoms. The van der Waals surface area contributed by atoms with E-state index in [0.29, 0.717) is 17.1 Å². The average molecular weight is 307 g/mol. The molecule has 21 heavy (non-hydrogen) atoms. The molecule has 0 unspecified atom stereocenters. The number of hydrogen-bond donors (Lipinski definition) is 2. The standard InChI is InChI=1S/C15H19ClN4O/c1-9-13(10(2)20(4)19-9)8-18-11-5-6-14(16)12(7-11)15(21)17-3/h5-7,18H,8H2,1-4H3,(H,17,21). The second-order valence-corrected chi connectivity index (χ2v) is 5.31. The topological polar surface area (TPSA) is 59.0 Å². The fourth-order valence-corrected chi connectivity index (χ4v) is 2.41. The molecule has 2 N–H and O–H groups in total. The minimum absolute atomic E-state index is 0.197. The van der Waals surface area contributed by atoms with Crippen molar-refractivity contribution in [2.24, 2.45) is 7.05 Å². The third-order valence-electron chi connectivity index (χ3n) is 3.57. The molecule has 0 aliphatic rings. The number of rotatable bonds is 4. The molecule has 0 fully saturated rings. The summed E-state index contributed by atoms with van der Waals surface area (Å²) < 4.78 is 1.87. The lowest BCUT2D eigenvalue weighted by molar-refractivity contribution is 0.0963. The molecule has 2 rings (SSSR count). The normalized spacial score (nSPS) is 10.5. The molecule has 112 valence electrons. The first-order chi connectivity index (χ1) is 9.93. The van der Waals surface area contributed by atoms with Crippen molar-refractivity contribution in [1.82, 2.24) is 15.1 Å². The highest BCUT2D eigenvalue weighted by atomic mass is 35.5. The number of aromatic nitrogens is 2. The summed E-state index contributed by atoms with van der Waals surface area (Å²) in [4.78, 5) is 11.7. The van der Waals surface area contributed by atoms with Crippen LogP contribution in [0.15, 0.2) is 18.2 Å². The van der Waals surface area contributed by atoms with Crippen molar-refractivity contribution in [3.8, 4) is 0 Å². The number of carbonyl (C=O) groups is 1. The molecular weight excluding hydrogens is 288 g/mol. The van der Waals surface area contributed by atoms with E-state index in [1.165, 1.54) is 0 Å². The van der Waals surface area contributed by atoms with Crippen LogP contribution < -0.4 is 10.6 Å². The molecule has 0 spiro atoms. The van der Waals surface area contributed by atoms with Gasteiger partial charge in [0.1, 0.15) is 0 Å². The second kappa shape index (κ2) is 6.18. The average Bonchev–Trinajstić information content (AvgIpc) is 2.71. The summed E-state index contributed by atoms with van der Waals surface area (Å²) in [5.41, 5.74) is 4.60. The Morgan fingerprint density at radius 1 is 1.38 bits per heavy atom. The summed E-state index contributed by atoms with van der Waals surface area (Å²) in [7, 11) is 3.51. The Balaban J connectivity index is 2.19. The lowest BCUT2D eigenvalue weighted by atomic mass is 10.1. The van der Waals surface area contributed by atoms with Gasteiger partial charge in [0, 0.05) is 37.6 Å². The van der Waals surface area contributed by atoms with E-state index in [1.54, 1.807) is 19.2 Å². The molecular formula is C15H19ClN4O. The summed E-state index contributed by atoms with van der Waals surface area (Å²) in [6, 6.07) is 5.33. The van der Waals surface area contributed by atoms with Crippen LogP contribution in [0.2, 0.25) is 5.02 Å². The fourth-order valence-electron chi connectivity index (χ4n) is 2.21. The van der Waals surface area contributed by atoms with Crippen LogP contribution in [-0.2, 0) is 13.6 Å². The van der Waals surface area contributed by atoms with Crippen molar-refractivity contribution >= 4 is 23.2 Å². The maximum atomic E-state index is 11.7. The number of amides is 1. The van der Waals surface area contributed by atoms with Gasteiger partial charge in [-0.3, -0.25) is 9.48 Å². The number of benzene rings is 1. The molecule has 0 aliphatic heterocycles. The number of nitrogens with one attached hydrogen (secondary N) is 2. The number of halogens is 1. The molecule has 0 aliphatic carbocycles. The van der Waals surface area contributed by atoms with E-state index in [9.17, 15) is 4.79 Å². The van der Waals surface area contributed by atoms with Gasteiger partial charge in [-0.25, -0.2) is 0 Å². The molecule has 0 radical (unpaired) electrons. The Labute approximate surface area is 129 Å². The van der Waals surface area contributed by atoms with Crippen molar-refractivity contribution in [2.45, 2.75) is 20.4 Å². The fraction of sp³-hybridized carbons (Fsp3) is 0.333. The van der Waals surface area contributed by atoms with Gasteiger partial charge >= 0.3 is 0 Å². The molecule has 1 aromatic heterocycles. The van der Waals surface area contributed by atoms with Crippen molar-refractivity contribution in [1.29, 1.82) is 0 Å². The number of hydrogen-bond acceptors (Lipinski definition) is 3. The van der Waals surface area contributed by atoms with Gasteiger partial charge in [0.15, 0.2) is 0 Å². The predicted octanol–water partition coefficient (Wildman–Crippen LogP) is 2.66. The minimum atomic E-state index is -0.197. The van der Waals surface area contributed by atoms with Crippen LogP contribution in [0, 0.1) is 13.8 Å². The van der Waals surface area contributed by atoms with E-state index < -0.39 is 0 Å². The zero-order valence-electron chi connectivity index (χ0n) is 12.6. The molecule has 0 saturated heterocycles. The lowest BCUT2D eigenvalue weighted by Gasteiger charge is -2.10. The molecule has 6 heteroatoms. The Morgan fingerprint density at radius 3 is 2.67 bits per heavy atom. The van der Waals surface area contributed by atoms with Crippen LogP contribution in [0.3, 0.4) is 0 Å².